The lowest BCUT2D eigenvalue weighted by molar-refractivity contribution is 0.601. The first-order valence-corrected chi connectivity index (χ1v) is 23.1. The van der Waals surface area contributed by atoms with Crippen LogP contribution in [0, 0.1) is 11.3 Å². The van der Waals surface area contributed by atoms with Crippen molar-refractivity contribution in [3.63, 3.8) is 0 Å². The highest BCUT2D eigenvalue weighted by Gasteiger charge is 2.17. The van der Waals surface area contributed by atoms with E-state index < -0.39 is 20.8 Å². The Morgan fingerprint density at radius 2 is 1.43 bits per heavy atom. The average Bonchev–Trinajstić information content (AvgIpc) is 3.99. The van der Waals surface area contributed by atoms with Crippen molar-refractivity contribution < 1.29 is 12.6 Å². The van der Waals surface area contributed by atoms with Crippen LogP contribution >= 0.6 is 0 Å². The van der Waals surface area contributed by atoms with Crippen LogP contribution in [0.2, 0.25) is 0 Å². The van der Waals surface area contributed by atoms with Gasteiger partial charge < -0.3 is 19.4 Å². The quantitative estimate of drug-likeness (QED) is 0.0820. The highest BCUT2D eigenvalue weighted by molar-refractivity contribution is 7.92. The van der Waals surface area contributed by atoms with Crippen LogP contribution in [0.25, 0.3) is 0 Å². The molecule has 0 radical (unpaired) electrons. The van der Waals surface area contributed by atoms with Gasteiger partial charge in [-0.05, 0) is 97.3 Å². The molecule has 0 bridgehead atoms. The molecule has 2 aromatic heterocycles. The number of aromatic nitrogens is 4. The van der Waals surface area contributed by atoms with Gasteiger partial charge in [0.05, 0.1) is 64.5 Å². The minimum atomic E-state index is -3.65. The van der Waals surface area contributed by atoms with Gasteiger partial charge in [0.15, 0.2) is 0 Å². The largest absolute Gasteiger partial charge is 0.366 e. The molecular weight excluding hydrogens is 801 g/mol. The number of rotatable bonds is 19. The summed E-state index contributed by atoms with van der Waals surface area (Å²) < 4.78 is 43.1. The van der Waals surface area contributed by atoms with Crippen molar-refractivity contribution >= 4 is 37.9 Å². The van der Waals surface area contributed by atoms with Gasteiger partial charge in [-0.2, -0.15) is 5.26 Å². The molecule has 2 heterocycles. The Hall–Kier alpha value is -6.49. The number of nitriles is 1. The van der Waals surface area contributed by atoms with Gasteiger partial charge in [0.1, 0.15) is 0 Å². The number of hydrogen-bond acceptors (Lipinski definition) is 8. The molecule has 1 atom stereocenters. The summed E-state index contributed by atoms with van der Waals surface area (Å²) in [6.07, 6.45) is 11.7. The lowest BCUT2D eigenvalue weighted by Crippen LogP contribution is -2.24. The van der Waals surface area contributed by atoms with Crippen molar-refractivity contribution in [2.45, 2.75) is 73.9 Å². The second kappa shape index (κ2) is 22.2. The monoisotopic (exact) mass is 852 g/mol. The first-order chi connectivity index (χ1) is 29.7. The summed E-state index contributed by atoms with van der Waals surface area (Å²) in [6.45, 7) is 8.17. The molecule has 2 N–H and O–H groups in total. The molecule has 61 heavy (non-hydrogen) atoms. The average molecular weight is 853 g/mol. The number of imidazole rings is 2. The maximum absolute atomic E-state index is 12.8. The van der Waals surface area contributed by atoms with Crippen molar-refractivity contribution in [1.82, 2.24) is 19.5 Å². The molecule has 0 aliphatic heterocycles. The molecular formula is C48H52N8O3S2. The Labute approximate surface area is 362 Å². The van der Waals surface area contributed by atoms with Gasteiger partial charge in [-0.1, -0.05) is 81.3 Å². The normalized spacial score (nSPS) is 11.5. The van der Waals surface area contributed by atoms with E-state index in [0.29, 0.717) is 30.9 Å². The second-order valence-electron chi connectivity index (χ2n) is 14.5. The molecule has 7 aromatic rings. The van der Waals surface area contributed by atoms with Gasteiger partial charge >= 0.3 is 0 Å². The summed E-state index contributed by atoms with van der Waals surface area (Å²) in [5, 5.41) is 8.97. The standard InChI is InChI=1S/C28H28N4OS.C20H24N4O2S/c1-2-3-17-32(26-13-15-28(16-14-26)34(33)27-7-5-4-6-8-27)21-25-20-31(22-30-25)19-24-11-9-23(18-29)10-12-24;1-2-3-12-24(15-18-14-21-16-22-18)19-10-7-11-20(13-19)27(25,26)23-17-8-5-4-6-9-17/h4-16,20,22H,2-3,17,19,21H2,1H3;4-11,13-14,16,23H,2-3,12,15H2,1H3,(H,21,22). The molecule has 0 saturated heterocycles. The fraction of sp³-hybridized carbons (Fsp3) is 0.229. The summed E-state index contributed by atoms with van der Waals surface area (Å²) in [6, 6.07) is 43.3. The van der Waals surface area contributed by atoms with Crippen molar-refractivity contribution in [2.24, 2.45) is 0 Å². The van der Waals surface area contributed by atoms with E-state index in [2.05, 4.69) is 72.3 Å². The van der Waals surface area contributed by atoms with Crippen LogP contribution in [-0.4, -0.2) is 45.2 Å². The molecule has 0 aliphatic carbocycles. The van der Waals surface area contributed by atoms with Crippen LogP contribution in [0.5, 0.6) is 0 Å². The van der Waals surface area contributed by atoms with Crippen LogP contribution < -0.4 is 14.5 Å². The van der Waals surface area contributed by atoms with Gasteiger partial charge in [0.25, 0.3) is 10.0 Å². The molecule has 1 unspecified atom stereocenters. The summed E-state index contributed by atoms with van der Waals surface area (Å²) in [7, 11) is -4.83. The zero-order chi connectivity index (χ0) is 42.9. The number of para-hydroxylation sites is 1. The summed E-state index contributed by atoms with van der Waals surface area (Å²) in [5.41, 5.74) is 6.30. The van der Waals surface area contributed by atoms with Gasteiger partial charge in [-0.15, -0.1) is 0 Å². The van der Waals surface area contributed by atoms with Gasteiger partial charge in [-0.25, -0.2) is 22.6 Å². The zero-order valence-corrected chi connectivity index (χ0v) is 36.2. The van der Waals surface area contributed by atoms with Crippen LogP contribution in [0.4, 0.5) is 17.1 Å². The molecule has 0 fully saturated rings. The van der Waals surface area contributed by atoms with Crippen molar-refractivity contribution in [1.29, 1.82) is 5.26 Å². The van der Waals surface area contributed by atoms with E-state index in [0.717, 1.165) is 76.9 Å². The predicted molar refractivity (Wildman–Crippen MR) is 244 cm³/mol. The lowest BCUT2D eigenvalue weighted by atomic mass is 10.1. The third-order valence-corrected chi connectivity index (χ3v) is 12.6. The fourth-order valence-corrected chi connectivity index (χ4v) is 8.73. The van der Waals surface area contributed by atoms with Gasteiger partial charge in [0, 0.05) is 58.9 Å². The maximum Gasteiger partial charge on any atom is 0.261 e. The first-order valence-electron chi connectivity index (χ1n) is 20.5. The van der Waals surface area contributed by atoms with E-state index in [1.165, 1.54) is 0 Å². The number of H-pyrrole nitrogens is 1. The SMILES string of the molecule is CCCCN(Cc1cn(Cc2ccc(C#N)cc2)cn1)c1ccc(S(=O)c2ccccc2)cc1.CCCCN(Cc1cnc[nH]1)c1cccc(S(=O)(=O)Nc2ccccc2)c1. The Bertz CT molecular complexity index is 2560. The molecule has 0 spiro atoms. The van der Waals surface area contributed by atoms with E-state index in [1.807, 2.05) is 85.2 Å². The number of benzene rings is 5. The maximum atomic E-state index is 12.8. The van der Waals surface area contributed by atoms with E-state index in [9.17, 15) is 12.6 Å². The third-order valence-electron chi connectivity index (χ3n) is 9.86. The summed E-state index contributed by atoms with van der Waals surface area (Å²) >= 11 is 0. The van der Waals surface area contributed by atoms with Crippen molar-refractivity contribution in [2.75, 3.05) is 27.6 Å². The second-order valence-corrected chi connectivity index (χ2v) is 17.7. The molecule has 314 valence electrons. The summed E-state index contributed by atoms with van der Waals surface area (Å²) in [4.78, 5) is 18.1. The van der Waals surface area contributed by atoms with Crippen LogP contribution in [0.15, 0.2) is 173 Å². The van der Waals surface area contributed by atoms with E-state index >= 15 is 0 Å². The molecule has 0 aliphatic rings. The Morgan fingerprint density at radius 3 is 2.07 bits per heavy atom. The van der Waals surface area contributed by atoms with Crippen molar-refractivity contribution in [3.8, 4) is 6.07 Å². The number of nitrogens with one attached hydrogen (secondary N) is 2. The number of hydrogen-bond donors (Lipinski definition) is 2. The van der Waals surface area contributed by atoms with Gasteiger partial charge in [0.2, 0.25) is 0 Å². The zero-order valence-electron chi connectivity index (χ0n) is 34.6. The molecule has 0 amide bonds. The Morgan fingerprint density at radius 1 is 0.770 bits per heavy atom. The van der Waals surface area contributed by atoms with E-state index in [-0.39, 0.29) is 4.90 Å². The number of anilines is 3. The minimum Gasteiger partial charge on any atom is -0.366 e. The fourth-order valence-electron chi connectivity index (χ4n) is 6.57. The van der Waals surface area contributed by atoms with Crippen molar-refractivity contribution in [3.05, 3.63) is 181 Å². The predicted octanol–water partition coefficient (Wildman–Crippen LogP) is 9.79. The van der Waals surface area contributed by atoms with E-state index in [1.54, 1.807) is 55.0 Å². The number of unbranched alkanes of at least 4 members (excludes halogenated alkanes) is 2. The Balaban J connectivity index is 0.000000210. The van der Waals surface area contributed by atoms with Crippen LogP contribution in [0.3, 0.4) is 0 Å². The Kier molecular flexibility index (Phi) is 16.0. The van der Waals surface area contributed by atoms with Crippen LogP contribution in [0.1, 0.15) is 62.0 Å². The molecule has 7 rings (SSSR count). The summed E-state index contributed by atoms with van der Waals surface area (Å²) in [5.74, 6) is 0. The van der Waals surface area contributed by atoms with Crippen LogP contribution in [-0.2, 0) is 40.5 Å². The molecule has 0 saturated carbocycles. The first kappa shape index (κ1) is 44.1. The van der Waals surface area contributed by atoms with Gasteiger partial charge in [-0.3, -0.25) is 4.72 Å². The minimum absolute atomic E-state index is 0.245. The molecule has 13 heteroatoms. The number of sulfonamides is 1. The number of aromatic amines is 1. The third kappa shape index (κ3) is 13.0. The lowest BCUT2D eigenvalue weighted by Gasteiger charge is -2.24. The molecule has 11 nitrogen and oxygen atoms in total. The highest BCUT2D eigenvalue weighted by atomic mass is 32.2. The smallest absolute Gasteiger partial charge is 0.261 e. The van der Waals surface area contributed by atoms with E-state index in [4.69, 9.17) is 5.26 Å². The topological polar surface area (TPSA) is 140 Å². The highest BCUT2D eigenvalue weighted by Crippen LogP contribution is 2.25. The number of nitrogens with zero attached hydrogens (tertiary/aromatic N) is 6. The molecule has 5 aromatic carbocycles.